The number of ether oxygens (including phenoxy) is 1. The molecule has 1 aromatic rings. The standard InChI is InChI=1S/C14H19NO3/c1-10(18-2)8-15-6-5-11-3-4-12(14(16)17)7-13(11)9-15/h3-4,7,10H,5-6,8-9H2,1-2H3,(H,16,17). The van der Waals surface area contributed by atoms with Crippen LogP contribution in [0.25, 0.3) is 0 Å². The van der Waals surface area contributed by atoms with Crippen LogP contribution in [-0.2, 0) is 17.7 Å². The van der Waals surface area contributed by atoms with Gasteiger partial charge in [-0.15, -0.1) is 0 Å². The summed E-state index contributed by atoms with van der Waals surface area (Å²) in [6, 6.07) is 5.42. The van der Waals surface area contributed by atoms with Crippen molar-refractivity contribution in [2.45, 2.75) is 26.0 Å². The van der Waals surface area contributed by atoms with Crippen LogP contribution in [0, 0.1) is 0 Å². The lowest BCUT2D eigenvalue weighted by molar-refractivity contribution is 0.0690. The first-order valence-electron chi connectivity index (χ1n) is 6.20. The number of benzene rings is 1. The fraction of sp³-hybridized carbons (Fsp3) is 0.500. The predicted molar refractivity (Wildman–Crippen MR) is 68.9 cm³/mol. The lowest BCUT2D eigenvalue weighted by Gasteiger charge is -2.30. The number of carbonyl (C=O) groups is 1. The molecular weight excluding hydrogens is 230 g/mol. The zero-order valence-electron chi connectivity index (χ0n) is 10.8. The van der Waals surface area contributed by atoms with E-state index in [1.54, 1.807) is 19.2 Å². The third-order valence-electron chi connectivity index (χ3n) is 3.46. The monoisotopic (exact) mass is 249 g/mol. The van der Waals surface area contributed by atoms with Crippen molar-refractivity contribution < 1.29 is 14.6 Å². The number of rotatable bonds is 4. The van der Waals surface area contributed by atoms with E-state index in [-0.39, 0.29) is 6.10 Å². The number of methoxy groups -OCH3 is 1. The van der Waals surface area contributed by atoms with Crippen LogP contribution < -0.4 is 0 Å². The molecule has 4 nitrogen and oxygen atoms in total. The van der Waals surface area contributed by atoms with Gasteiger partial charge in [-0.05, 0) is 36.6 Å². The molecule has 18 heavy (non-hydrogen) atoms. The molecule has 4 heteroatoms. The summed E-state index contributed by atoms with van der Waals surface area (Å²) in [5.74, 6) is -0.861. The maximum atomic E-state index is 11.0. The fourth-order valence-corrected chi connectivity index (χ4v) is 2.34. The zero-order valence-corrected chi connectivity index (χ0v) is 10.8. The van der Waals surface area contributed by atoms with Gasteiger partial charge >= 0.3 is 5.97 Å². The first-order chi connectivity index (χ1) is 8.60. The van der Waals surface area contributed by atoms with E-state index in [0.717, 1.165) is 31.6 Å². The molecule has 0 saturated heterocycles. The predicted octanol–water partition coefficient (Wildman–Crippen LogP) is 1.78. The van der Waals surface area contributed by atoms with Gasteiger partial charge in [-0.2, -0.15) is 0 Å². The van der Waals surface area contributed by atoms with Crippen LogP contribution in [-0.4, -0.2) is 42.3 Å². The smallest absolute Gasteiger partial charge is 0.335 e. The van der Waals surface area contributed by atoms with E-state index in [1.165, 1.54) is 5.56 Å². The molecule has 0 spiro atoms. The Labute approximate surface area is 107 Å². The van der Waals surface area contributed by atoms with Gasteiger partial charge in [0.25, 0.3) is 0 Å². The minimum Gasteiger partial charge on any atom is -0.478 e. The zero-order chi connectivity index (χ0) is 13.1. The van der Waals surface area contributed by atoms with Crippen LogP contribution in [0.3, 0.4) is 0 Å². The first kappa shape index (κ1) is 13.1. The second-order valence-electron chi connectivity index (χ2n) is 4.82. The topological polar surface area (TPSA) is 49.8 Å². The van der Waals surface area contributed by atoms with Crippen LogP contribution in [0.2, 0.25) is 0 Å². The second-order valence-corrected chi connectivity index (χ2v) is 4.82. The quantitative estimate of drug-likeness (QED) is 0.883. The van der Waals surface area contributed by atoms with Gasteiger partial charge in [-0.25, -0.2) is 4.79 Å². The van der Waals surface area contributed by atoms with E-state index in [9.17, 15) is 4.79 Å². The maximum Gasteiger partial charge on any atom is 0.335 e. The number of hydrogen-bond donors (Lipinski definition) is 1. The summed E-state index contributed by atoms with van der Waals surface area (Å²) in [6.07, 6.45) is 1.18. The van der Waals surface area contributed by atoms with Gasteiger partial charge in [0, 0.05) is 26.7 Å². The minimum atomic E-state index is -0.861. The van der Waals surface area contributed by atoms with Crippen LogP contribution in [0.1, 0.15) is 28.4 Å². The highest BCUT2D eigenvalue weighted by Crippen LogP contribution is 2.20. The molecule has 0 fully saturated rings. The summed E-state index contributed by atoms with van der Waals surface area (Å²) >= 11 is 0. The van der Waals surface area contributed by atoms with E-state index in [4.69, 9.17) is 9.84 Å². The van der Waals surface area contributed by atoms with Crippen molar-refractivity contribution in [3.8, 4) is 0 Å². The van der Waals surface area contributed by atoms with Gasteiger partial charge < -0.3 is 9.84 Å². The summed E-state index contributed by atoms with van der Waals surface area (Å²) in [5.41, 5.74) is 2.76. The van der Waals surface area contributed by atoms with E-state index >= 15 is 0 Å². The Morgan fingerprint density at radius 2 is 2.28 bits per heavy atom. The Bertz CT molecular complexity index is 445. The molecule has 2 rings (SSSR count). The molecule has 1 heterocycles. The molecule has 1 atom stereocenters. The molecule has 0 aliphatic carbocycles. The van der Waals surface area contributed by atoms with E-state index in [2.05, 4.69) is 4.90 Å². The van der Waals surface area contributed by atoms with E-state index in [1.807, 2.05) is 13.0 Å². The molecule has 98 valence electrons. The van der Waals surface area contributed by atoms with Gasteiger partial charge in [0.1, 0.15) is 0 Å². The number of carboxylic acid groups (broad SMARTS) is 1. The molecule has 0 saturated carbocycles. The van der Waals surface area contributed by atoms with Crippen molar-refractivity contribution in [1.29, 1.82) is 0 Å². The van der Waals surface area contributed by atoms with Crippen molar-refractivity contribution in [1.82, 2.24) is 4.90 Å². The van der Waals surface area contributed by atoms with E-state index < -0.39 is 5.97 Å². The number of aromatic carboxylic acids is 1. The Balaban J connectivity index is 2.12. The number of nitrogens with zero attached hydrogens (tertiary/aromatic N) is 1. The number of fused-ring (bicyclic) bond motifs is 1. The summed E-state index contributed by atoms with van der Waals surface area (Å²) < 4.78 is 5.27. The fourth-order valence-electron chi connectivity index (χ4n) is 2.34. The normalized spacial score (nSPS) is 17.2. The van der Waals surface area contributed by atoms with Crippen molar-refractivity contribution in [3.05, 3.63) is 34.9 Å². The highest BCUT2D eigenvalue weighted by Gasteiger charge is 2.19. The highest BCUT2D eigenvalue weighted by atomic mass is 16.5. The molecule has 1 aromatic carbocycles. The molecule has 0 aromatic heterocycles. The Morgan fingerprint density at radius 3 is 2.94 bits per heavy atom. The third-order valence-corrected chi connectivity index (χ3v) is 3.46. The Kier molecular flexibility index (Phi) is 3.99. The highest BCUT2D eigenvalue weighted by molar-refractivity contribution is 5.87. The van der Waals surface area contributed by atoms with E-state index in [0.29, 0.717) is 5.56 Å². The third kappa shape index (κ3) is 2.89. The lowest BCUT2D eigenvalue weighted by atomic mass is 9.97. The van der Waals surface area contributed by atoms with Gasteiger partial charge in [0.05, 0.1) is 11.7 Å². The van der Waals surface area contributed by atoms with Crippen molar-refractivity contribution in [2.75, 3.05) is 20.2 Å². The first-order valence-corrected chi connectivity index (χ1v) is 6.20. The lowest BCUT2D eigenvalue weighted by Crippen LogP contribution is -2.36. The molecule has 0 bridgehead atoms. The van der Waals surface area contributed by atoms with Gasteiger partial charge in [-0.1, -0.05) is 6.07 Å². The van der Waals surface area contributed by atoms with Crippen molar-refractivity contribution in [2.24, 2.45) is 0 Å². The van der Waals surface area contributed by atoms with Gasteiger partial charge in [0.2, 0.25) is 0 Å². The van der Waals surface area contributed by atoms with Crippen molar-refractivity contribution >= 4 is 5.97 Å². The average molecular weight is 249 g/mol. The second kappa shape index (κ2) is 5.50. The molecule has 0 amide bonds. The summed E-state index contributed by atoms with van der Waals surface area (Å²) in [6.45, 7) is 4.74. The van der Waals surface area contributed by atoms with Crippen LogP contribution in [0.4, 0.5) is 0 Å². The summed E-state index contributed by atoms with van der Waals surface area (Å²) in [7, 11) is 1.71. The molecule has 0 radical (unpaired) electrons. The van der Waals surface area contributed by atoms with Gasteiger partial charge in [-0.3, -0.25) is 4.90 Å². The largest absolute Gasteiger partial charge is 0.478 e. The summed E-state index contributed by atoms with van der Waals surface area (Å²) in [4.78, 5) is 13.3. The molecule has 1 aliphatic heterocycles. The number of carboxylic acids is 1. The van der Waals surface area contributed by atoms with Crippen LogP contribution >= 0.6 is 0 Å². The van der Waals surface area contributed by atoms with Crippen molar-refractivity contribution in [3.63, 3.8) is 0 Å². The molecule has 1 N–H and O–H groups in total. The number of hydrogen-bond acceptors (Lipinski definition) is 3. The maximum absolute atomic E-state index is 11.0. The Morgan fingerprint density at radius 1 is 1.50 bits per heavy atom. The summed E-state index contributed by atoms with van der Waals surface area (Å²) in [5, 5.41) is 9.00. The minimum absolute atomic E-state index is 0.203. The Hall–Kier alpha value is -1.39. The van der Waals surface area contributed by atoms with Crippen LogP contribution in [0.5, 0.6) is 0 Å². The molecule has 1 aliphatic rings. The van der Waals surface area contributed by atoms with Crippen LogP contribution in [0.15, 0.2) is 18.2 Å². The average Bonchev–Trinajstić information content (AvgIpc) is 2.37. The SMILES string of the molecule is COC(C)CN1CCc2ccc(C(=O)O)cc2C1. The van der Waals surface area contributed by atoms with Gasteiger partial charge in [0.15, 0.2) is 0 Å². The molecular formula is C14H19NO3. The molecule has 1 unspecified atom stereocenters.